The van der Waals surface area contributed by atoms with Crippen LogP contribution in [0.25, 0.3) is 0 Å². The lowest BCUT2D eigenvalue weighted by atomic mass is 10.2. The summed E-state index contributed by atoms with van der Waals surface area (Å²) in [5.74, 6) is 0.378. The minimum atomic E-state index is -2.59. The zero-order valence-corrected chi connectivity index (χ0v) is 9.57. The molecule has 0 aliphatic heterocycles. The highest BCUT2D eigenvalue weighted by Gasteiger charge is 2.18. The molecule has 0 N–H and O–H groups in total. The number of halogens is 4. The molecule has 0 radical (unpaired) electrons. The average Bonchev–Trinajstić information content (AvgIpc) is 2.16. The molecule has 6 heteroatoms. The lowest BCUT2D eigenvalue weighted by molar-refractivity contribution is 0.149. The fraction of sp³-hybridized carbons (Fsp3) is 0.375. The van der Waals surface area contributed by atoms with E-state index in [1.807, 2.05) is 0 Å². The van der Waals surface area contributed by atoms with Gasteiger partial charge >= 0.3 is 0 Å². The Morgan fingerprint density at radius 1 is 1.64 bits per heavy atom. The monoisotopic (exact) mass is 285 g/mol. The van der Waals surface area contributed by atoms with E-state index in [1.54, 1.807) is 0 Å². The Bertz CT molecular complexity index is 335. The summed E-state index contributed by atoms with van der Waals surface area (Å²) in [6.07, 6.45) is -1.50. The molecule has 14 heavy (non-hydrogen) atoms. The van der Waals surface area contributed by atoms with Gasteiger partial charge in [0.05, 0.1) is 28.7 Å². The van der Waals surface area contributed by atoms with Gasteiger partial charge in [0.1, 0.15) is 0 Å². The van der Waals surface area contributed by atoms with Crippen LogP contribution >= 0.6 is 27.5 Å². The summed E-state index contributed by atoms with van der Waals surface area (Å²) in [6.45, 7) is 0. The first-order valence-electron chi connectivity index (χ1n) is 3.67. The van der Waals surface area contributed by atoms with Crippen LogP contribution in [0.2, 0.25) is 0 Å². The standard InChI is InChI=1S/C8H7BrClF2NO/c1-14-7-5(2-10)13-3-4(6(7)9)8(11)12/h3,8H,2H2,1H3. The number of aromatic nitrogens is 1. The molecule has 0 saturated carbocycles. The lowest BCUT2D eigenvalue weighted by Crippen LogP contribution is -1.98. The van der Waals surface area contributed by atoms with Gasteiger partial charge in [-0.05, 0) is 15.9 Å². The summed E-state index contributed by atoms with van der Waals surface area (Å²) in [6, 6.07) is 0. The first kappa shape index (κ1) is 11.7. The van der Waals surface area contributed by atoms with Gasteiger partial charge in [-0.2, -0.15) is 0 Å². The number of methoxy groups -OCH3 is 1. The molecule has 0 aromatic carbocycles. The Morgan fingerprint density at radius 2 is 2.29 bits per heavy atom. The van der Waals surface area contributed by atoms with Crippen molar-refractivity contribution in [2.75, 3.05) is 7.11 Å². The van der Waals surface area contributed by atoms with Crippen molar-refractivity contribution in [2.45, 2.75) is 12.3 Å². The van der Waals surface area contributed by atoms with Crippen molar-refractivity contribution < 1.29 is 13.5 Å². The molecular formula is C8H7BrClF2NO. The minimum absolute atomic E-state index is 0.116. The summed E-state index contributed by atoms with van der Waals surface area (Å²) < 4.78 is 30.0. The zero-order valence-electron chi connectivity index (χ0n) is 7.23. The largest absolute Gasteiger partial charge is 0.494 e. The molecule has 0 aliphatic rings. The smallest absolute Gasteiger partial charge is 0.266 e. The van der Waals surface area contributed by atoms with Crippen LogP contribution < -0.4 is 4.74 Å². The maximum Gasteiger partial charge on any atom is 0.266 e. The van der Waals surface area contributed by atoms with Gasteiger partial charge in [-0.15, -0.1) is 11.6 Å². The predicted molar refractivity (Wildman–Crippen MR) is 53.0 cm³/mol. The summed E-state index contributed by atoms with van der Waals surface area (Å²) in [4.78, 5) is 3.78. The highest BCUT2D eigenvalue weighted by Crippen LogP contribution is 2.36. The average molecular weight is 287 g/mol. The third kappa shape index (κ3) is 2.15. The van der Waals surface area contributed by atoms with E-state index in [2.05, 4.69) is 20.9 Å². The van der Waals surface area contributed by atoms with Gasteiger partial charge < -0.3 is 4.74 Å². The Morgan fingerprint density at radius 3 is 2.71 bits per heavy atom. The number of pyridine rings is 1. The van der Waals surface area contributed by atoms with Crippen LogP contribution in [0.4, 0.5) is 8.78 Å². The molecule has 0 spiro atoms. The third-order valence-electron chi connectivity index (χ3n) is 1.64. The molecule has 2 nitrogen and oxygen atoms in total. The quantitative estimate of drug-likeness (QED) is 0.793. The van der Waals surface area contributed by atoms with Crippen molar-refractivity contribution in [3.8, 4) is 5.75 Å². The van der Waals surface area contributed by atoms with E-state index >= 15 is 0 Å². The Labute approximate surface area is 93.4 Å². The van der Waals surface area contributed by atoms with E-state index in [0.29, 0.717) is 5.69 Å². The Balaban J connectivity index is 3.27. The lowest BCUT2D eigenvalue weighted by Gasteiger charge is -2.10. The normalized spacial score (nSPS) is 10.7. The summed E-state index contributed by atoms with van der Waals surface area (Å²) in [5.41, 5.74) is 0.237. The van der Waals surface area contributed by atoms with Crippen LogP contribution in [0.5, 0.6) is 5.75 Å². The molecule has 0 saturated heterocycles. The van der Waals surface area contributed by atoms with Crippen molar-refractivity contribution in [2.24, 2.45) is 0 Å². The van der Waals surface area contributed by atoms with Gasteiger partial charge in [0.15, 0.2) is 5.75 Å². The molecule has 1 aromatic heterocycles. The highest BCUT2D eigenvalue weighted by atomic mass is 79.9. The molecular weight excluding hydrogens is 279 g/mol. The highest BCUT2D eigenvalue weighted by molar-refractivity contribution is 9.10. The van der Waals surface area contributed by atoms with Crippen LogP contribution in [0, 0.1) is 0 Å². The third-order valence-corrected chi connectivity index (χ3v) is 2.71. The molecule has 0 atom stereocenters. The van der Waals surface area contributed by atoms with Gasteiger partial charge in [0.25, 0.3) is 6.43 Å². The predicted octanol–water partition coefficient (Wildman–Crippen LogP) is 3.53. The van der Waals surface area contributed by atoms with Gasteiger partial charge in [-0.1, -0.05) is 0 Å². The second kappa shape index (κ2) is 4.89. The van der Waals surface area contributed by atoms with Crippen LogP contribution in [-0.2, 0) is 5.88 Å². The number of hydrogen-bond acceptors (Lipinski definition) is 2. The van der Waals surface area contributed by atoms with E-state index in [9.17, 15) is 8.78 Å². The second-order valence-electron chi connectivity index (χ2n) is 2.44. The number of alkyl halides is 3. The van der Waals surface area contributed by atoms with Crippen molar-refractivity contribution in [3.05, 3.63) is 21.9 Å². The number of ether oxygens (including phenoxy) is 1. The molecule has 0 unspecified atom stereocenters. The summed E-state index contributed by atoms with van der Waals surface area (Å²) >= 11 is 8.59. The van der Waals surface area contributed by atoms with E-state index in [-0.39, 0.29) is 21.7 Å². The van der Waals surface area contributed by atoms with E-state index in [4.69, 9.17) is 16.3 Å². The fourth-order valence-corrected chi connectivity index (χ4v) is 1.83. The maximum absolute atomic E-state index is 12.4. The molecule has 1 rings (SSSR count). The SMILES string of the molecule is COc1c(CCl)ncc(C(F)F)c1Br. The number of hydrogen-bond donors (Lipinski definition) is 0. The van der Waals surface area contributed by atoms with E-state index < -0.39 is 6.43 Å². The molecule has 0 bridgehead atoms. The minimum Gasteiger partial charge on any atom is -0.494 e. The van der Waals surface area contributed by atoms with Crippen LogP contribution in [0.15, 0.2) is 10.7 Å². The van der Waals surface area contributed by atoms with Crippen molar-refractivity contribution in [1.82, 2.24) is 4.98 Å². The summed E-state index contributed by atoms with van der Waals surface area (Å²) in [5, 5.41) is 0. The first-order chi connectivity index (χ1) is 6.61. The zero-order chi connectivity index (χ0) is 10.7. The maximum atomic E-state index is 12.4. The Kier molecular flexibility index (Phi) is 4.07. The summed E-state index contributed by atoms with van der Waals surface area (Å²) in [7, 11) is 1.38. The van der Waals surface area contributed by atoms with Crippen molar-refractivity contribution in [1.29, 1.82) is 0 Å². The van der Waals surface area contributed by atoms with Crippen LogP contribution in [0.3, 0.4) is 0 Å². The van der Waals surface area contributed by atoms with Crippen LogP contribution in [0.1, 0.15) is 17.7 Å². The van der Waals surface area contributed by atoms with Gasteiger partial charge in [-0.25, -0.2) is 8.78 Å². The second-order valence-corrected chi connectivity index (χ2v) is 3.50. The molecule has 0 amide bonds. The first-order valence-corrected chi connectivity index (χ1v) is 5.00. The molecule has 1 aromatic rings. The molecule has 0 aliphatic carbocycles. The fourth-order valence-electron chi connectivity index (χ4n) is 0.975. The molecule has 0 fully saturated rings. The topological polar surface area (TPSA) is 22.1 Å². The van der Waals surface area contributed by atoms with Gasteiger partial charge in [-0.3, -0.25) is 4.98 Å². The molecule has 1 heterocycles. The van der Waals surface area contributed by atoms with Gasteiger partial charge in [0.2, 0.25) is 0 Å². The van der Waals surface area contributed by atoms with Gasteiger partial charge in [0, 0.05) is 6.20 Å². The number of rotatable bonds is 3. The van der Waals surface area contributed by atoms with Crippen molar-refractivity contribution >= 4 is 27.5 Å². The number of nitrogens with zero attached hydrogens (tertiary/aromatic N) is 1. The van der Waals surface area contributed by atoms with Crippen LogP contribution in [-0.4, -0.2) is 12.1 Å². The van der Waals surface area contributed by atoms with E-state index in [0.717, 1.165) is 6.20 Å². The van der Waals surface area contributed by atoms with E-state index in [1.165, 1.54) is 7.11 Å². The van der Waals surface area contributed by atoms with Crippen molar-refractivity contribution in [3.63, 3.8) is 0 Å². The Hall–Kier alpha value is -0.420. The molecule has 78 valence electrons.